The lowest BCUT2D eigenvalue weighted by Crippen LogP contribution is -2.42. The Morgan fingerprint density at radius 3 is 2.55 bits per heavy atom. The Morgan fingerprint density at radius 2 is 2.09 bits per heavy atom. The number of aryl methyl sites for hydroxylation is 1. The molecule has 1 aromatic heterocycles. The summed E-state index contributed by atoms with van der Waals surface area (Å²) >= 11 is 0. The molecule has 0 aliphatic heterocycles. The second-order valence-corrected chi connectivity index (χ2v) is 5.95. The summed E-state index contributed by atoms with van der Waals surface area (Å²) in [7, 11) is 5.62. The third-order valence-corrected chi connectivity index (χ3v) is 2.83. The summed E-state index contributed by atoms with van der Waals surface area (Å²) in [4.78, 5) is 17.8. The number of rotatable bonds is 4. The van der Waals surface area contributed by atoms with Gasteiger partial charge in [0.25, 0.3) is 0 Å². The van der Waals surface area contributed by atoms with Crippen LogP contribution < -0.4 is 5.32 Å². The molecular formula is C15H27IN4O2. The lowest BCUT2D eigenvalue weighted by Gasteiger charge is -2.23. The van der Waals surface area contributed by atoms with Gasteiger partial charge in [-0.15, -0.1) is 24.0 Å². The Bertz CT molecular complexity index is 506. The van der Waals surface area contributed by atoms with E-state index in [1.54, 1.807) is 7.05 Å². The number of esters is 1. The summed E-state index contributed by atoms with van der Waals surface area (Å²) in [5.41, 5.74) is 0.690. The molecule has 0 atom stereocenters. The first-order valence-corrected chi connectivity index (χ1v) is 6.97. The molecule has 22 heavy (non-hydrogen) atoms. The van der Waals surface area contributed by atoms with Crippen molar-refractivity contribution >= 4 is 35.9 Å². The van der Waals surface area contributed by atoms with Crippen LogP contribution in [0.1, 0.15) is 26.5 Å². The van der Waals surface area contributed by atoms with Crippen LogP contribution in [-0.2, 0) is 23.1 Å². The molecule has 0 unspecified atom stereocenters. The van der Waals surface area contributed by atoms with Crippen LogP contribution in [0, 0.1) is 0 Å². The Hall–Kier alpha value is -1.25. The number of nitrogens with one attached hydrogen (secondary N) is 1. The number of carbonyl (C=O) groups excluding carboxylic acids is 1. The van der Waals surface area contributed by atoms with Gasteiger partial charge in [-0.1, -0.05) is 0 Å². The molecule has 0 aromatic carbocycles. The molecule has 1 heterocycles. The minimum Gasteiger partial charge on any atom is -0.459 e. The Kier molecular flexibility index (Phi) is 8.50. The molecule has 0 aliphatic rings. The zero-order valence-electron chi connectivity index (χ0n) is 14.2. The van der Waals surface area contributed by atoms with Gasteiger partial charge >= 0.3 is 5.97 Å². The number of aliphatic imine (C=N–C) groups is 1. The van der Waals surface area contributed by atoms with Crippen molar-refractivity contribution in [3.8, 4) is 0 Å². The molecule has 1 N–H and O–H groups in total. The highest BCUT2D eigenvalue weighted by Gasteiger charge is 2.17. The summed E-state index contributed by atoms with van der Waals surface area (Å²) in [6, 6.07) is 4.05. The highest BCUT2D eigenvalue weighted by molar-refractivity contribution is 14.0. The Balaban J connectivity index is 0.00000441. The van der Waals surface area contributed by atoms with Crippen molar-refractivity contribution < 1.29 is 9.53 Å². The second kappa shape index (κ2) is 9.02. The molecule has 1 aromatic rings. The maximum atomic E-state index is 11.7. The summed E-state index contributed by atoms with van der Waals surface area (Å²) in [6.07, 6.45) is 2.00. The average molecular weight is 422 g/mol. The van der Waals surface area contributed by atoms with Crippen molar-refractivity contribution in [2.45, 2.75) is 32.9 Å². The number of aromatic nitrogens is 1. The van der Waals surface area contributed by atoms with Crippen molar-refractivity contribution in [1.29, 1.82) is 0 Å². The van der Waals surface area contributed by atoms with Gasteiger partial charge in [0.15, 0.2) is 5.96 Å². The number of hydrogen-bond donors (Lipinski definition) is 1. The highest BCUT2D eigenvalue weighted by atomic mass is 127. The van der Waals surface area contributed by atoms with E-state index < -0.39 is 5.60 Å². The van der Waals surface area contributed by atoms with Crippen LogP contribution >= 0.6 is 24.0 Å². The van der Waals surface area contributed by atoms with Crippen LogP contribution in [0.15, 0.2) is 23.3 Å². The SMILES string of the molecule is CN=C(NCC(=O)OC(C)(C)C)N(C)Cc1cccn1C.I. The quantitative estimate of drug-likeness (QED) is 0.349. The maximum absolute atomic E-state index is 11.7. The number of nitrogens with zero attached hydrogens (tertiary/aromatic N) is 3. The minimum atomic E-state index is -0.475. The minimum absolute atomic E-state index is 0. The Labute approximate surface area is 149 Å². The lowest BCUT2D eigenvalue weighted by molar-refractivity contribution is -0.153. The van der Waals surface area contributed by atoms with E-state index in [-0.39, 0.29) is 36.5 Å². The van der Waals surface area contributed by atoms with Crippen molar-refractivity contribution in [3.05, 3.63) is 24.0 Å². The van der Waals surface area contributed by atoms with Gasteiger partial charge < -0.3 is 19.5 Å². The first kappa shape index (κ1) is 20.8. The highest BCUT2D eigenvalue weighted by Crippen LogP contribution is 2.06. The molecule has 126 valence electrons. The van der Waals surface area contributed by atoms with E-state index in [1.165, 1.54) is 0 Å². The number of carbonyl (C=O) groups is 1. The monoisotopic (exact) mass is 422 g/mol. The largest absolute Gasteiger partial charge is 0.459 e. The molecule has 0 saturated carbocycles. The number of hydrogen-bond acceptors (Lipinski definition) is 3. The van der Waals surface area contributed by atoms with Crippen LogP contribution in [0.4, 0.5) is 0 Å². The van der Waals surface area contributed by atoms with Crippen LogP contribution in [0.3, 0.4) is 0 Å². The molecule has 0 spiro atoms. The topological polar surface area (TPSA) is 58.9 Å². The fraction of sp³-hybridized carbons (Fsp3) is 0.600. The van der Waals surface area contributed by atoms with Gasteiger partial charge in [0.05, 0.1) is 6.54 Å². The van der Waals surface area contributed by atoms with Crippen molar-refractivity contribution in [2.24, 2.45) is 12.0 Å². The lowest BCUT2D eigenvalue weighted by atomic mass is 10.2. The zero-order valence-corrected chi connectivity index (χ0v) is 16.5. The van der Waals surface area contributed by atoms with Crippen molar-refractivity contribution in [1.82, 2.24) is 14.8 Å². The van der Waals surface area contributed by atoms with Crippen LogP contribution in [0.2, 0.25) is 0 Å². The first-order valence-electron chi connectivity index (χ1n) is 6.97. The molecule has 0 radical (unpaired) electrons. The van der Waals surface area contributed by atoms with Gasteiger partial charge in [-0.05, 0) is 32.9 Å². The van der Waals surface area contributed by atoms with Crippen LogP contribution in [0.25, 0.3) is 0 Å². The maximum Gasteiger partial charge on any atom is 0.325 e. The molecule has 0 saturated heterocycles. The van der Waals surface area contributed by atoms with Crippen LogP contribution in [-0.4, -0.2) is 47.6 Å². The van der Waals surface area contributed by atoms with E-state index in [0.717, 1.165) is 5.69 Å². The fourth-order valence-electron chi connectivity index (χ4n) is 1.89. The van der Waals surface area contributed by atoms with E-state index in [1.807, 2.05) is 52.0 Å². The molecule has 0 amide bonds. The zero-order chi connectivity index (χ0) is 16.0. The summed E-state index contributed by atoms with van der Waals surface area (Å²) < 4.78 is 7.31. The second-order valence-electron chi connectivity index (χ2n) is 5.95. The van der Waals surface area contributed by atoms with E-state index >= 15 is 0 Å². The van der Waals surface area contributed by atoms with Crippen molar-refractivity contribution in [2.75, 3.05) is 20.6 Å². The summed E-state index contributed by atoms with van der Waals surface area (Å²) in [5, 5.41) is 3.02. The predicted molar refractivity (Wildman–Crippen MR) is 99.5 cm³/mol. The molecule has 7 heteroatoms. The van der Waals surface area contributed by atoms with E-state index in [9.17, 15) is 4.79 Å². The average Bonchev–Trinajstić information content (AvgIpc) is 2.73. The molecular weight excluding hydrogens is 395 g/mol. The van der Waals surface area contributed by atoms with Crippen LogP contribution in [0.5, 0.6) is 0 Å². The normalized spacial score (nSPS) is 11.6. The van der Waals surface area contributed by atoms with Gasteiger partial charge in [-0.2, -0.15) is 0 Å². The third kappa shape index (κ3) is 7.15. The number of guanidine groups is 1. The van der Waals surface area contributed by atoms with Gasteiger partial charge in [-0.3, -0.25) is 9.79 Å². The van der Waals surface area contributed by atoms with E-state index in [4.69, 9.17) is 4.74 Å². The Morgan fingerprint density at radius 1 is 1.45 bits per heavy atom. The van der Waals surface area contributed by atoms with Gasteiger partial charge in [0.2, 0.25) is 0 Å². The van der Waals surface area contributed by atoms with E-state index in [2.05, 4.69) is 20.9 Å². The molecule has 0 fully saturated rings. The summed E-state index contributed by atoms with van der Waals surface area (Å²) in [6.45, 7) is 6.35. The van der Waals surface area contributed by atoms with Gasteiger partial charge in [-0.25, -0.2) is 0 Å². The fourth-order valence-corrected chi connectivity index (χ4v) is 1.89. The first-order chi connectivity index (χ1) is 9.73. The molecule has 0 bridgehead atoms. The van der Waals surface area contributed by atoms with Gasteiger partial charge in [0.1, 0.15) is 12.1 Å². The number of halogens is 1. The molecule has 1 rings (SSSR count). The third-order valence-electron chi connectivity index (χ3n) is 2.83. The summed E-state index contributed by atoms with van der Waals surface area (Å²) in [5.74, 6) is 0.359. The van der Waals surface area contributed by atoms with Crippen molar-refractivity contribution in [3.63, 3.8) is 0 Å². The predicted octanol–water partition coefficient (Wildman–Crippen LogP) is 1.99. The standard InChI is InChI=1S/C15H26N4O2.HI/c1-15(2,3)21-13(20)10-17-14(16-4)19(6)11-12-8-7-9-18(12)5;/h7-9H,10-11H2,1-6H3,(H,16,17);1H. The number of ether oxygens (including phenoxy) is 1. The molecule has 6 nitrogen and oxygen atoms in total. The smallest absolute Gasteiger partial charge is 0.325 e. The van der Waals surface area contributed by atoms with E-state index in [0.29, 0.717) is 12.5 Å². The van der Waals surface area contributed by atoms with Gasteiger partial charge in [0, 0.05) is 33.0 Å². The molecule has 0 aliphatic carbocycles.